The molecule has 1 aliphatic carbocycles. The van der Waals surface area contributed by atoms with Crippen LogP contribution in [0.4, 0.5) is 32.8 Å². The van der Waals surface area contributed by atoms with E-state index >= 15 is 4.39 Å². The minimum atomic E-state index is -2.83. The Morgan fingerprint density at radius 1 is 1.20 bits per heavy atom. The van der Waals surface area contributed by atoms with E-state index in [1.165, 1.54) is 11.0 Å². The van der Waals surface area contributed by atoms with Gasteiger partial charge in [0.2, 0.25) is 0 Å². The molecule has 8 nitrogen and oxygen atoms in total. The number of nitrogen functional groups attached to an aromatic ring is 1. The van der Waals surface area contributed by atoms with Gasteiger partial charge < -0.3 is 20.1 Å². The Bertz CT molecular complexity index is 2130. The molecule has 0 bridgehead atoms. The highest BCUT2D eigenvalue weighted by molar-refractivity contribution is 7.23. The molecule has 2 aromatic heterocycles. The van der Waals surface area contributed by atoms with Gasteiger partial charge in [0.15, 0.2) is 11.6 Å². The van der Waals surface area contributed by atoms with Crippen molar-refractivity contribution < 1.29 is 31.4 Å². The van der Waals surface area contributed by atoms with Crippen molar-refractivity contribution in [1.82, 2.24) is 14.9 Å². The number of alkyl halides is 3. The van der Waals surface area contributed by atoms with Gasteiger partial charge in [-0.1, -0.05) is 29.5 Å². The summed E-state index contributed by atoms with van der Waals surface area (Å²) in [6.45, 7) is -0.0424. The van der Waals surface area contributed by atoms with Crippen LogP contribution in [0.3, 0.4) is 0 Å². The maximum atomic E-state index is 17.1. The zero-order chi connectivity index (χ0) is 34.2. The first kappa shape index (κ1) is 32.1. The Balaban J connectivity index is 1.35. The molecule has 2 aromatic carbocycles. The molecule has 5 heterocycles. The van der Waals surface area contributed by atoms with Gasteiger partial charge in [-0.05, 0) is 43.9 Å². The molecule has 15 heteroatoms. The van der Waals surface area contributed by atoms with Crippen LogP contribution in [-0.4, -0.2) is 71.9 Å². The van der Waals surface area contributed by atoms with E-state index in [9.17, 15) is 22.8 Å². The number of hydrogen-bond acceptors (Lipinski definition) is 9. The highest BCUT2D eigenvalue weighted by Crippen LogP contribution is 2.51. The number of nitrogens with two attached hydrogens (primary N) is 1. The van der Waals surface area contributed by atoms with E-state index in [-0.39, 0.29) is 97.4 Å². The molecule has 3 atom stereocenters. The Kier molecular flexibility index (Phi) is 7.89. The summed E-state index contributed by atoms with van der Waals surface area (Å²) in [7, 11) is 0. The first-order valence-electron chi connectivity index (χ1n) is 15.9. The zero-order valence-electron chi connectivity index (χ0n) is 25.8. The Hall–Kier alpha value is -4.11. The van der Waals surface area contributed by atoms with Gasteiger partial charge in [-0.25, -0.2) is 22.0 Å². The van der Waals surface area contributed by atoms with Crippen molar-refractivity contribution in [3.05, 3.63) is 34.4 Å². The molecule has 0 radical (unpaired) electrons. The number of hydrogen-bond donors (Lipinski definition) is 1. The fourth-order valence-corrected chi connectivity index (χ4v) is 8.64. The Morgan fingerprint density at radius 2 is 2.02 bits per heavy atom. The van der Waals surface area contributed by atoms with Gasteiger partial charge in [0.1, 0.15) is 53.6 Å². The molecule has 8 rings (SSSR count). The lowest BCUT2D eigenvalue weighted by Gasteiger charge is -2.31. The average molecular weight is 715 g/mol. The summed E-state index contributed by atoms with van der Waals surface area (Å²) in [6.07, 6.45) is -0.277. The molecular weight excluding hydrogens is 687 g/mol. The summed E-state index contributed by atoms with van der Waals surface area (Å²) in [6, 6.07) is 3.16. The average Bonchev–Trinajstić information content (AvgIpc) is 3.65. The van der Waals surface area contributed by atoms with E-state index in [0.29, 0.717) is 13.0 Å². The predicted molar refractivity (Wildman–Crippen MR) is 176 cm³/mol. The van der Waals surface area contributed by atoms with E-state index in [4.69, 9.17) is 26.8 Å². The monoisotopic (exact) mass is 714 g/mol. The third-order valence-corrected chi connectivity index (χ3v) is 11.2. The van der Waals surface area contributed by atoms with Crippen LogP contribution in [0, 0.1) is 40.7 Å². The maximum Gasteiger partial charge on any atom is 0.319 e. The smallest absolute Gasteiger partial charge is 0.319 e. The number of aromatic nitrogens is 2. The van der Waals surface area contributed by atoms with Crippen LogP contribution in [0.1, 0.15) is 37.7 Å². The van der Waals surface area contributed by atoms with Crippen molar-refractivity contribution in [2.75, 3.05) is 43.5 Å². The lowest BCUT2D eigenvalue weighted by Crippen LogP contribution is -2.43. The number of ether oxygens (including phenoxy) is 2. The maximum absolute atomic E-state index is 17.1. The number of anilines is 2. The fraction of sp³-hybridized carbons (Fsp3) is 0.441. The van der Waals surface area contributed by atoms with E-state index in [1.54, 1.807) is 0 Å². The summed E-state index contributed by atoms with van der Waals surface area (Å²) < 4.78 is 87.4. The number of rotatable bonds is 6. The van der Waals surface area contributed by atoms with Gasteiger partial charge in [0, 0.05) is 29.8 Å². The number of thiophene rings is 1. The van der Waals surface area contributed by atoms with Gasteiger partial charge in [0.25, 0.3) is 6.43 Å². The van der Waals surface area contributed by atoms with E-state index in [1.807, 2.05) is 11.0 Å². The van der Waals surface area contributed by atoms with Crippen LogP contribution in [-0.2, 0) is 0 Å². The second-order valence-corrected chi connectivity index (χ2v) is 14.4. The molecule has 0 unspecified atom stereocenters. The standard InChI is InChI=1S/C34H28ClF5N6O2S/c35-26-24(19-6-7-21(37)30-23(19)20(11-41)31(42)49-30)27(40)28-25-29(26)47-14-18(5-4-16-2-3-16)46(13-22(38)39)32(25)44-33(43-28)48-15-34-8-1-9-45(34)12-17(36)10-34/h6-7,16-18,22H,1-3,8-10,12-15,42H2/t17-,18+,34+/m1/s1. The van der Waals surface area contributed by atoms with Crippen molar-refractivity contribution in [3.63, 3.8) is 0 Å². The van der Waals surface area contributed by atoms with Crippen LogP contribution < -0.4 is 20.1 Å². The highest BCUT2D eigenvalue weighted by atomic mass is 35.5. The molecule has 49 heavy (non-hydrogen) atoms. The van der Waals surface area contributed by atoms with Gasteiger partial charge in [-0.2, -0.15) is 15.2 Å². The van der Waals surface area contributed by atoms with Crippen LogP contribution >= 0.6 is 22.9 Å². The lowest BCUT2D eigenvalue weighted by molar-refractivity contribution is 0.107. The molecule has 0 amide bonds. The number of fused-ring (bicyclic) bond motifs is 2. The molecule has 0 spiro atoms. The van der Waals surface area contributed by atoms with Crippen molar-refractivity contribution in [1.29, 1.82) is 5.26 Å². The largest absolute Gasteiger partial charge is 0.488 e. The lowest BCUT2D eigenvalue weighted by atomic mass is 9.95. The topological polar surface area (TPSA) is 101 Å². The normalized spacial score (nSPS) is 23.3. The minimum Gasteiger partial charge on any atom is -0.488 e. The quantitative estimate of drug-likeness (QED) is 0.167. The number of nitriles is 1. The summed E-state index contributed by atoms with van der Waals surface area (Å²) >= 11 is 7.79. The van der Waals surface area contributed by atoms with E-state index < -0.39 is 42.4 Å². The summed E-state index contributed by atoms with van der Waals surface area (Å²) in [5.41, 5.74) is 4.87. The van der Waals surface area contributed by atoms with E-state index in [0.717, 1.165) is 36.7 Å². The molecule has 2 N–H and O–H groups in total. The van der Waals surface area contributed by atoms with Crippen LogP contribution in [0.25, 0.3) is 32.1 Å². The summed E-state index contributed by atoms with van der Waals surface area (Å²) in [4.78, 5) is 12.3. The fourth-order valence-electron chi connectivity index (χ4n) is 7.36. The predicted octanol–water partition coefficient (Wildman–Crippen LogP) is 7.10. The van der Waals surface area contributed by atoms with Crippen molar-refractivity contribution in [2.45, 2.75) is 56.3 Å². The Labute approximate surface area is 286 Å². The SMILES string of the molecule is N#Cc1c(N)sc2c(F)ccc(-c3c(Cl)c4c5c(nc(OC[C@@]67CCCN6C[C@H](F)C7)nc5c3F)N(CC(F)F)[C@@H](C#CC3CC3)CO4)c12. The molecule has 4 aliphatic rings. The molecular formula is C34H28ClF5N6O2S. The summed E-state index contributed by atoms with van der Waals surface area (Å²) in [5.74, 6) is 4.47. The first-order valence-corrected chi connectivity index (χ1v) is 17.1. The van der Waals surface area contributed by atoms with Gasteiger partial charge in [0.05, 0.1) is 32.8 Å². The van der Waals surface area contributed by atoms with Crippen LogP contribution in [0.5, 0.6) is 11.8 Å². The van der Waals surface area contributed by atoms with E-state index in [2.05, 4.69) is 21.8 Å². The molecule has 254 valence electrons. The van der Waals surface area contributed by atoms with Gasteiger partial charge in [-0.15, -0.1) is 11.3 Å². The molecule has 4 aromatic rings. The summed E-state index contributed by atoms with van der Waals surface area (Å²) in [5, 5.41) is 9.70. The number of benzene rings is 2. The Morgan fingerprint density at radius 3 is 2.78 bits per heavy atom. The zero-order valence-corrected chi connectivity index (χ0v) is 27.4. The molecule has 2 saturated heterocycles. The number of nitrogens with zero attached hydrogens (tertiary/aromatic N) is 5. The molecule has 3 aliphatic heterocycles. The highest BCUT2D eigenvalue weighted by Gasteiger charge is 2.49. The second-order valence-electron chi connectivity index (χ2n) is 12.9. The molecule has 1 saturated carbocycles. The first-order chi connectivity index (χ1) is 23.6. The van der Waals surface area contributed by atoms with Gasteiger partial charge >= 0.3 is 6.01 Å². The number of halogens is 6. The molecule has 3 fully saturated rings. The third kappa shape index (κ3) is 5.36. The van der Waals surface area contributed by atoms with Crippen molar-refractivity contribution in [2.24, 2.45) is 5.92 Å². The van der Waals surface area contributed by atoms with Crippen LogP contribution in [0.2, 0.25) is 5.02 Å². The third-order valence-electron chi connectivity index (χ3n) is 9.77. The van der Waals surface area contributed by atoms with Gasteiger partial charge in [-0.3, -0.25) is 4.90 Å². The van der Waals surface area contributed by atoms with Crippen molar-refractivity contribution in [3.8, 4) is 40.8 Å². The van der Waals surface area contributed by atoms with Crippen molar-refractivity contribution >= 4 is 54.7 Å². The van der Waals surface area contributed by atoms with Crippen LogP contribution in [0.15, 0.2) is 12.1 Å². The second kappa shape index (κ2) is 12.0. The minimum absolute atomic E-state index is 0.00183.